The van der Waals surface area contributed by atoms with Crippen molar-refractivity contribution in [3.63, 3.8) is 0 Å². The van der Waals surface area contributed by atoms with Crippen LogP contribution in [0.5, 0.6) is 0 Å². The minimum Gasteiger partial charge on any atom is -0.453 e. The standard InChI is InChI=1S/C29H24ClN9O4/c1-43-29(42)33-22-8-4-19(5-9-22)23-15-25(35-36-28(23)41)24(13-18-3-2-12-31-16-18)34-27(40)11-6-20-14-21(30)7-10-26(20)39-17-32-37-38-39/h2-12,14-17,24H,13H2,1H3,(H,33,42)(H,34,40)(H,36,41). The van der Waals surface area contributed by atoms with Gasteiger partial charge in [0.15, 0.2) is 0 Å². The molecule has 0 bridgehead atoms. The second-order valence-corrected chi connectivity index (χ2v) is 9.58. The summed E-state index contributed by atoms with van der Waals surface area (Å²) in [6, 6.07) is 16.5. The van der Waals surface area contributed by atoms with Crippen LogP contribution in [0.2, 0.25) is 5.02 Å². The van der Waals surface area contributed by atoms with Crippen LogP contribution in [0.3, 0.4) is 0 Å². The van der Waals surface area contributed by atoms with E-state index in [-0.39, 0.29) is 0 Å². The lowest BCUT2D eigenvalue weighted by Crippen LogP contribution is -2.30. The topological polar surface area (TPSA) is 170 Å². The molecule has 0 saturated heterocycles. The van der Waals surface area contributed by atoms with Gasteiger partial charge in [-0.25, -0.2) is 9.89 Å². The van der Waals surface area contributed by atoms with E-state index in [1.165, 1.54) is 24.2 Å². The number of H-pyrrole nitrogens is 1. The van der Waals surface area contributed by atoms with Crippen molar-refractivity contribution in [1.29, 1.82) is 0 Å². The third kappa shape index (κ3) is 7.34. The summed E-state index contributed by atoms with van der Waals surface area (Å²) in [5.74, 6) is -0.413. The number of nitrogens with zero attached hydrogens (tertiary/aromatic N) is 6. The Hall–Kier alpha value is -5.69. The summed E-state index contributed by atoms with van der Waals surface area (Å²) in [6.45, 7) is 0. The van der Waals surface area contributed by atoms with Gasteiger partial charge >= 0.3 is 6.09 Å². The number of carbonyl (C=O) groups is 2. The number of carbonyl (C=O) groups excluding carboxylic acids is 2. The maximum absolute atomic E-state index is 13.2. The first kappa shape index (κ1) is 28.8. The van der Waals surface area contributed by atoms with Crippen LogP contribution in [0.25, 0.3) is 22.9 Å². The molecule has 3 heterocycles. The lowest BCUT2D eigenvalue weighted by molar-refractivity contribution is -0.117. The van der Waals surface area contributed by atoms with Gasteiger partial charge < -0.3 is 10.1 Å². The summed E-state index contributed by atoms with van der Waals surface area (Å²) >= 11 is 6.20. The van der Waals surface area contributed by atoms with Crippen LogP contribution >= 0.6 is 11.6 Å². The summed E-state index contributed by atoms with van der Waals surface area (Å²) in [4.78, 5) is 41.6. The van der Waals surface area contributed by atoms with Crippen LogP contribution in [0, 0.1) is 0 Å². The molecule has 0 radical (unpaired) electrons. The number of aromatic nitrogens is 7. The molecular weight excluding hydrogens is 574 g/mol. The van der Waals surface area contributed by atoms with Crippen molar-refractivity contribution in [2.75, 3.05) is 12.4 Å². The lowest BCUT2D eigenvalue weighted by atomic mass is 10.0. The number of tetrazole rings is 1. The molecule has 0 aliphatic rings. The second kappa shape index (κ2) is 13.3. The number of rotatable bonds is 9. The zero-order valence-electron chi connectivity index (χ0n) is 22.6. The third-order valence-corrected chi connectivity index (χ3v) is 6.52. The highest BCUT2D eigenvalue weighted by atomic mass is 35.5. The first-order valence-corrected chi connectivity index (χ1v) is 13.2. The molecule has 3 N–H and O–H groups in total. The van der Waals surface area contributed by atoms with E-state index in [1.807, 2.05) is 6.07 Å². The monoisotopic (exact) mass is 597 g/mol. The number of hydrogen-bond donors (Lipinski definition) is 3. The summed E-state index contributed by atoms with van der Waals surface area (Å²) in [5.41, 5.74) is 3.52. The van der Waals surface area contributed by atoms with Crippen molar-refractivity contribution in [2.24, 2.45) is 0 Å². The molecule has 43 heavy (non-hydrogen) atoms. The number of methoxy groups -OCH3 is 1. The average molecular weight is 598 g/mol. The van der Waals surface area contributed by atoms with Gasteiger partial charge in [0, 0.05) is 34.7 Å². The first-order chi connectivity index (χ1) is 20.9. The molecule has 5 aromatic rings. The van der Waals surface area contributed by atoms with Crippen LogP contribution in [0.1, 0.15) is 22.9 Å². The van der Waals surface area contributed by atoms with Crippen molar-refractivity contribution in [3.05, 3.63) is 118 Å². The van der Waals surface area contributed by atoms with E-state index in [0.29, 0.717) is 45.2 Å². The molecule has 2 aromatic carbocycles. The van der Waals surface area contributed by atoms with Gasteiger partial charge in [-0.05, 0) is 76.5 Å². The maximum atomic E-state index is 13.2. The molecule has 13 nitrogen and oxygen atoms in total. The summed E-state index contributed by atoms with van der Waals surface area (Å²) in [7, 11) is 1.27. The highest BCUT2D eigenvalue weighted by Crippen LogP contribution is 2.23. The molecule has 0 saturated carbocycles. The minimum atomic E-state index is -0.629. The van der Waals surface area contributed by atoms with Gasteiger partial charge in [-0.3, -0.25) is 19.9 Å². The lowest BCUT2D eigenvalue weighted by Gasteiger charge is -2.18. The van der Waals surface area contributed by atoms with E-state index in [2.05, 4.69) is 46.1 Å². The zero-order chi connectivity index (χ0) is 30.2. The van der Waals surface area contributed by atoms with Crippen LogP contribution in [-0.4, -0.2) is 54.5 Å². The Labute approximate surface area is 249 Å². The van der Waals surface area contributed by atoms with E-state index in [1.54, 1.807) is 73.1 Å². The fourth-order valence-electron chi connectivity index (χ4n) is 4.22. The van der Waals surface area contributed by atoms with E-state index in [9.17, 15) is 14.4 Å². The molecule has 0 aliphatic carbocycles. The number of hydrogen-bond acceptors (Lipinski definition) is 9. The Kier molecular flexibility index (Phi) is 8.93. The molecule has 1 atom stereocenters. The molecule has 2 amide bonds. The molecule has 0 spiro atoms. The van der Waals surface area contributed by atoms with Crippen LogP contribution in [0.15, 0.2) is 90.3 Å². The number of amides is 2. The summed E-state index contributed by atoms with van der Waals surface area (Å²) in [6.07, 6.45) is 7.50. The number of benzene rings is 2. The molecule has 0 aliphatic heterocycles. The fourth-order valence-corrected chi connectivity index (χ4v) is 4.41. The highest BCUT2D eigenvalue weighted by Gasteiger charge is 2.19. The largest absolute Gasteiger partial charge is 0.453 e. The number of nitrogens with one attached hydrogen (secondary N) is 3. The van der Waals surface area contributed by atoms with Crippen molar-refractivity contribution in [1.82, 2.24) is 40.7 Å². The van der Waals surface area contributed by atoms with Gasteiger partial charge in [-0.15, -0.1) is 5.10 Å². The number of halogens is 1. The van der Waals surface area contributed by atoms with Gasteiger partial charge in [-0.2, -0.15) is 9.78 Å². The Balaban J connectivity index is 1.42. The number of ether oxygens (including phenoxy) is 1. The average Bonchev–Trinajstić information content (AvgIpc) is 3.56. The number of pyridine rings is 1. The van der Waals surface area contributed by atoms with Crippen molar-refractivity contribution in [3.8, 4) is 16.8 Å². The van der Waals surface area contributed by atoms with Crippen LogP contribution < -0.4 is 16.2 Å². The summed E-state index contributed by atoms with van der Waals surface area (Å²) < 4.78 is 6.07. The molecular formula is C29H24ClN9O4. The minimum absolute atomic E-state index is 0.334. The Morgan fingerprint density at radius 3 is 2.70 bits per heavy atom. The van der Waals surface area contributed by atoms with Gasteiger partial charge in [0.05, 0.1) is 30.1 Å². The predicted molar refractivity (Wildman–Crippen MR) is 158 cm³/mol. The van der Waals surface area contributed by atoms with Crippen molar-refractivity contribution < 1.29 is 14.3 Å². The van der Waals surface area contributed by atoms with Gasteiger partial charge in [0.25, 0.3) is 5.56 Å². The molecule has 5 rings (SSSR count). The normalized spacial score (nSPS) is 11.7. The maximum Gasteiger partial charge on any atom is 0.411 e. The Morgan fingerprint density at radius 2 is 1.98 bits per heavy atom. The van der Waals surface area contributed by atoms with E-state index in [0.717, 1.165) is 5.56 Å². The molecule has 0 fully saturated rings. The van der Waals surface area contributed by atoms with E-state index in [4.69, 9.17) is 11.6 Å². The van der Waals surface area contributed by atoms with Gasteiger partial charge in [0.1, 0.15) is 6.33 Å². The van der Waals surface area contributed by atoms with Crippen molar-refractivity contribution in [2.45, 2.75) is 12.5 Å². The Bertz CT molecular complexity index is 1810. The second-order valence-electron chi connectivity index (χ2n) is 9.15. The molecule has 14 heteroatoms. The Morgan fingerprint density at radius 1 is 1.14 bits per heavy atom. The fraction of sp³-hybridized carbons (Fsp3) is 0.103. The molecule has 3 aromatic heterocycles. The predicted octanol–water partition coefficient (Wildman–Crippen LogP) is 3.75. The quantitative estimate of drug-likeness (QED) is 0.214. The molecule has 1 unspecified atom stereocenters. The van der Waals surface area contributed by atoms with Crippen LogP contribution in [-0.2, 0) is 16.0 Å². The smallest absolute Gasteiger partial charge is 0.411 e. The number of anilines is 1. The summed E-state index contributed by atoms with van der Waals surface area (Å²) in [5, 5.41) is 24.0. The van der Waals surface area contributed by atoms with Crippen LogP contribution in [0.4, 0.5) is 10.5 Å². The van der Waals surface area contributed by atoms with Gasteiger partial charge in [0.2, 0.25) is 5.91 Å². The van der Waals surface area contributed by atoms with Gasteiger partial charge in [-0.1, -0.05) is 29.8 Å². The molecule has 216 valence electrons. The third-order valence-electron chi connectivity index (χ3n) is 6.29. The van der Waals surface area contributed by atoms with E-state index >= 15 is 0 Å². The SMILES string of the molecule is COC(=O)Nc1ccc(-c2cc(C(Cc3cccnc3)NC(=O)C=Cc3cc(Cl)ccc3-n3cnnn3)n[nH]c2=O)cc1. The first-order valence-electron chi connectivity index (χ1n) is 12.8. The van der Waals surface area contributed by atoms with E-state index < -0.39 is 23.6 Å². The highest BCUT2D eigenvalue weighted by molar-refractivity contribution is 6.30. The zero-order valence-corrected chi connectivity index (χ0v) is 23.4. The van der Waals surface area contributed by atoms with Crippen molar-refractivity contribution >= 4 is 35.4 Å². The number of aromatic amines is 1.